The van der Waals surface area contributed by atoms with Crippen LogP contribution in [0, 0.1) is 5.82 Å². The lowest BCUT2D eigenvalue weighted by atomic mass is 10.1. The number of halogens is 1. The molecular weight excluding hydrogens is 249 g/mol. The van der Waals surface area contributed by atoms with Crippen molar-refractivity contribution >= 4 is 5.97 Å². The smallest absolute Gasteiger partial charge is 0.340 e. The maximum absolute atomic E-state index is 12.9. The number of aromatic nitrogens is 1. The summed E-state index contributed by atoms with van der Waals surface area (Å²) < 4.78 is 19.0. The summed E-state index contributed by atoms with van der Waals surface area (Å²) in [6.07, 6.45) is 0. The van der Waals surface area contributed by atoms with Crippen molar-refractivity contribution in [2.75, 3.05) is 7.11 Å². The Morgan fingerprint density at radius 1 is 1.16 bits per heavy atom. The predicted molar refractivity (Wildman–Crippen MR) is 68.4 cm³/mol. The Morgan fingerprint density at radius 3 is 2.37 bits per heavy atom. The minimum atomic E-state index is -0.546. The second kappa shape index (κ2) is 5.06. The molecule has 0 amide bonds. The molecule has 98 valence electrons. The quantitative estimate of drug-likeness (QED) is 0.777. The van der Waals surface area contributed by atoms with E-state index in [0.717, 1.165) is 0 Å². The molecule has 1 aromatic heterocycles. The Balaban J connectivity index is 2.72. The zero-order valence-electron chi connectivity index (χ0n) is 10.5. The van der Waals surface area contributed by atoms with Crippen LogP contribution < -0.4 is 5.56 Å². The van der Waals surface area contributed by atoms with E-state index in [9.17, 15) is 14.0 Å². The number of ether oxygens (including phenoxy) is 1. The summed E-state index contributed by atoms with van der Waals surface area (Å²) in [7, 11) is 2.81. The van der Waals surface area contributed by atoms with Gasteiger partial charge in [0.1, 0.15) is 5.82 Å². The molecular formula is C14H12FNO3. The molecule has 0 radical (unpaired) electrons. The van der Waals surface area contributed by atoms with Crippen LogP contribution in [0.5, 0.6) is 0 Å². The molecule has 19 heavy (non-hydrogen) atoms. The van der Waals surface area contributed by atoms with E-state index in [4.69, 9.17) is 0 Å². The van der Waals surface area contributed by atoms with Gasteiger partial charge in [0.2, 0.25) is 0 Å². The van der Waals surface area contributed by atoms with Crippen LogP contribution in [0.4, 0.5) is 4.39 Å². The van der Waals surface area contributed by atoms with Gasteiger partial charge in [-0.05, 0) is 35.9 Å². The zero-order chi connectivity index (χ0) is 14.0. The molecule has 0 bridgehead atoms. The lowest BCUT2D eigenvalue weighted by molar-refractivity contribution is 0.0601. The third-order valence-electron chi connectivity index (χ3n) is 2.84. The second-order valence-electron chi connectivity index (χ2n) is 3.99. The van der Waals surface area contributed by atoms with Gasteiger partial charge in [-0.2, -0.15) is 0 Å². The summed E-state index contributed by atoms with van der Waals surface area (Å²) in [5.41, 5.74) is 0.976. The molecule has 0 atom stereocenters. The number of hydrogen-bond donors (Lipinski definition) is 0. The van der Waals surface area contributed by atoms with Crippen LogP contribution in [0.3, 0.4) is 0 Å². The van der Waals surface area contributed by atoms with Gasteiger partial charge in [-0.3, -0.25) is 4.79 Å². The average molecular weight is 261 g/mol. The van der Waals surface area contributed by atoms with E-state index < -0.39 is 5.97 Å². The summed E-state index contributed by atoms with van der Waals surface area (Å²) >= 11 is 0. The number of carbonyl (C=O) groups excluding carboxylic acids is 1. The molecule has 4 nitrogen and oxygen atoms in total. The molecule has 0 unspecified atom stereocenters. The summed E-state index contributed by atoms with van der Waals surface area (Å²) in [4.78, 5) is 23.4. The van der Waals surface area contributed by atoms with Crippen molar-refractivity contribution in [2.45, 2.75) is 0 Å². The van der Waals surface area contributed by atoms with Gasteiger partial charge in [0.15, 0.2) is 0 Å². The van der Waals surface area contributed by atoms with Gasteiger partial charge in [-0.25, -0.2) is 9.18 Å². The molecule has 0 fully saturated rings. The maximum atomic E-state index is 12.9. The molecule has 0 saturated carbocycles. The van der Waals surface area contributed by atoms with Gasteiger partial charge < -0.3 is 9.30 Å². The first-order valence-electron chi connectivity index (χ1n) is 5.59. The topological polar surface area (TPSA) is 48.3 Å². The predicted octanol–water partition coefficient (Wildman–Crippen LogP) is 1.98. The number of benzene rings is 1. The Kier molecular flexibility index (Phi) is 3.46. The number of carbonyl (C=O) groups is 1. The van der Waals surface area contributed by atoms with Gasteiger partial charge in [-0.1, -0.05) is 0 Å². The van der Waals surface area contributed by atoms with Crippen LogP contribution in [0.2, 0.25) is 0 Å². The third kappa shape index (κ3) is 2.40. The Bertz CT molecular complexity index is 674. The van der Waals surface area contributed by atoms with Gasteiger partial charge >= 0.3 is 5.97 Å². The molecule has 2 rings (SSSR count). The lowest BCUT2D eigenvalue weighted by Gasteiger charge is -2.12. The number of rotatable bonds is 2. The van der Waals surface area contributed by atoms with Crippen LogP contribution in [-0.2, 0) is 11.8 Å². The average Bonchev–Trinajstić information content (AvgIpc) is 2.42. The van der Waals surface area contributed by atoms with Crippen molar-refractivity contribution in [2.24, 2.45) is 7.05 Å². The molecule has 0 aliphatic heterocycles. The minimum absolute atomic E-state index is 0.257. The van der Waals surface area contributed by atoms with E-state index >= 15 is 0 Å². The fraction of sp³-hybridized carbons (Fsp3) is 0.143. The van der Waals surface area contributed by atoms with Crippen molar-refractivity contribution < 1.29 is 13.9 Å². The highest BCUT2D eigenvalue weighted by molar-refractivity contribution is 5.96. The van der Waals surface area contributed by atoms with Crippen LogP contribution in [0.1, 0.15) is 10.4 Å². The summed E-state index contributed by atoms with van der Waals surface area (Å²) in [5.74, 6) is -0.931. The number of methoxy groups -OCH3 is 1. The van der Waals surface area contributed by atoms with Crippen LogP contribution in [0.15, 0.2) is 41.2 Å². The number of hydrogen-bond acceptors (Lipinski definition) is 3. The Labute approximate surface area is 109 Å². The monoisotopic (exact) mass is 261 g/mol. The molecule has 0 N–H and O–H groups in total. The van der Waals surface area contributed by atoms with E-state index in [-0.39, 0.29) is 16.9 Å². The molecule has 0 aliphatic rings. The van der Waals surface area contributed by atoms with E-state index in [1.165, 1.54) is 48.1 Å². The fourth-order valence-corrected chi connectivity index (χ4v) is 1.87. The molecule has 0 spiro atoms. The largest absolute Gasteiger partial charge is 0.465 e. The highest BCUT2D eigenvalue weighted by Crippen LogP contribution is 2.22. The number of nitrogens with zero attached hydrogens (tertiary/aromatic N) is 1. The van der Waals surface area contributed by atoms with Gasteiger partial charge in [-0.15, -0.1) is 0 Å². The van der Waals surface area contributed by atoms with E-state index in [2.05, 4.69) is 4.74 Å². The maximum Gasteiger partial charge on any atom is 0.340 e. The Morgan fingerprint density at radius 2 is 1.79 bits per heavy atom. The van der Waals surface area contributed by atoms with Gasteiger partial charge in [0.05, 0.1) is 18.4 Å². The van der Waals surface area contributed by atoms with E-state index in [0.29, 0.717) is 11.3 Å². The molecule has 0 saturated heterocycles. The molecule has 1 aromatic carbocycles. The van der Waals surface area contributed by atoms with Crippen LogP contribution in [0.25, 0.3) is 11.3 Å². The fourth-order valence-electron chi connectivity index (χ4n) is 1.87. The highest BCUT2D eigenvalue weighted by atomic mass is 19.1. The standard InChI is InChI=1S/C14H12FNO3/c1-16-12(17)8-7-11(14(18)19-2)13(16)9-3-5-10(15)6-4-9/h3-8H,1-2H3. The van der Waals surface area contributed by atoms with E-state index in [1.54, 1.807) is 7.05 Å². The minimum Gasteiger partial charge on any atom is -0.465 e. The molecule has 1 heterocycles. The van der Waals surface area contributed by atoms with E-state index in [1.807, 2.05) is 0 Å². The van der Waals surface area contributed by atoms with Gasteiger partial charge in [0, 0.05) is 13.1 Å². The summed E-state index contributed by atoms with van der Waals surface area (Å²) in [5, 5.41) is 0. The molecule has 0 aliphatic carbocycles. The molecule has 5 heteroatoms. The number of pyridine rings is 1. The normalized spacial score (nSPS) is 10.3. The second-order valence-corrected chi connectivity index (χ2v) is 3.99. The first-order chi connectivity index (χ1) is 9.04. The van der Waals surface area contributed by atoms with Crippen molar-refractivity contribution in [1.29, 1.82) is 0 Å². The first-order valence-corrected chi connectivity index (χ1v) is 5.59. The van der Waals surface area contributed by atoms with Crippen molar-refractivity contribution in [3.63, 3.8) is 0 Å². The van der Waals surface area contributed by atoms with Crippen LogP contribution in [-0.4, -0.2) is 17.6 Å². The summed E-state index contributed by atoms with van der Waals surface area (Å²) in [6.45, 7) is 0. The third-order valence-corrected chi connectivity index (χ3v) is 2.84. The SMILES string of the molecule is COC(=O)c1ccc(=O)n(C)c1-c1ccc(F)cc1. The van der Waals surface area contributed by atoms with Crippen molar-refractivity contribution in [1.82, 2.24) is 4.57 Å². The zero-order valence-corrected chi connectivity index (χ0v) is 10.5. The van der Waals surface area contributed by atoms with Crippen molar-refractivity contribution in [3.8, 4) is 11.3 Å². The summed E-state index contributed by atoms with van der Waals surface area (Å²) in [6, 6.07) is 8.26. The van der Waals surface area contributed by atoms with Crippen molar-refractivity contribution in [3.05, 3.63) is 58.1 Å². The van der Waals surface area contributed by atoms with Gasteiger partial charge in [0.25, 0.3) is 5.56 Å². The first kappa shape index (κ1) is 13.0. The lowest BCUT2D eigenvalue weighted by Crippen LogP contribution is -2.20. The molecule has 2 aromatic rings. The number of esters is 1. The Hall–Kier alpha value is -2.43. The van der Waals surface area contributed by atoms with Crippen LogP contribution >= 0.6 is 0 Å². The highest BCUT2D eigenvalue weighted by Gasteiger charge is 2.16.